The summed E-state index contributed by atoms with van der Waals surface area (Å²) >= 11 is 5.21. The van der Waals surface area contributed by atoms with Gasteiger partial charge in [-0.3, -0.25) is 0 Å². The van der Waals surface area contributed by atoms with Gasteiger partial charge < -0.3 is 10.5 Å². The Morgan fingerprint density at radius 1 is 1.54 bits per heavy atom. The number of ether oxygens (including phenoxy) is 1. The summed E-state index contributed by atoms with van der Waals surface area (Å²) in [6.45, 7) is 0.765. The standard InChI is InChI=1S/C9H12BrNOS/c1-12-4-5-13-9-3-2-7(11)6-8(9)10/h2-3,6H,4-5,11H2,1H3. The zero-order valence-electron chi connectivity index (χ0n) is 7.42. The molecule has 0 heterocycles. The van der Waals surface area contributed by atoms with E-state index in [0.29, 0.717) is 0 Å². The molecule has 1 rings (SSSR count). The average molecular weight is 262 g/mol. The number of hydrogen-bond acceptors (Lipinski definition) is 3. The molecule has 0 aromatic heterocycles. The largest absolute Gasteiger partial charge is 0.399 e. The first-order chi connectivity index (χ1) is 6.24. The van der Waals surface area contributed by atoms with Crippen molar-refractivity contribution < 1.29 is 4.74 Å². The van der Waals surface area contributed by atoms with E-state index in [2.05, 4.69) is 15.9 Å². The minimum Gasteiger partial charge on any atom is -0.399 e. The first-order valence-electron chi connectivity index (χ1n) is 3.91. The second-order valence-electron chi connectivity index (χ2n) is 2.53. The van der Waals surface area contributed by atoms with Crippen molar-refractivity contribution in [2.45, 2.75) is 4.90 Å². The molecule has 0 aliphatic rings. The molecule has 2 nitrogen and oxygen atoms in total. The summed E-state index contributed by atoms with van der Waals surface area (Å²) in [5.41, 5.74) is 6.40. The van der Waals surface area contributed by atoms with Crippen molar-refractivity contribution in [3.63, 3.8) is 0 Å². The van der Waals surface area contributed by atoms with Gasteiger partial charge in [0.1, 0.15) is 0 Å². The fourth-order valence-electron chi connectivity index (χ4n) is 0.869. The summed E-state index contributed by atoms with van der Waals surface area (Å²) in [5, 5.41) is 0. The summed E-state index contributed by atoms with van der Waals surface area (Å²) in [6.07, 6.45) is 0. The molecule has 2 N–H and O–H groups in total. The van der Waals surface area contributed by atoms with Crippen LogP contribution in [0.25, 0.3) is 0 Å². The number of hydrogen-bond donors (Lipinski definition) is 1. The van der Waals surface area contributed by atoms with Crippen molar-refractivity contribution in [3.05, 3.63) is 22.7 Å². The Morgan fingerprint density at radius 3 is 2.92 bits per heavy atom. The van der Waals surface area contributed by atoms with Gasteiger partial charge >= 0.3 is 0 Å². The average Bonchev–Trinajstić information content (AvgIpc) is 2.09. The molecule has 0 fully saturated rings. The highest BCUT2D eigenvalue weighted by Crippen LogP contribution is 2.28. The summed E-state index contributed by atoms with van der Waals surface area (Å²) < 4.78 is 6.02. The second kappa shape index (κ2) is 5.52. The maximum atomic E-state index is 5.62. The molecule has 0 spiro atoms. The van der Waals surface area contributed by atoms with E-state index in [4.69, 9.17) is 10.5 Å². The van der Waals surface area contributed by atoms with Gasteiger partial charge in [-0.1, -0.05) is 0 Å². The highest BCUT2D eigenvalue weighted by molar-refractivity contribution is 9.10. The molecular weight excluding hydrogens is 250 g/mol. The zero-order chi connectivity index (χ0) is 9.68. The molecule has 0 amide bonds. The Hall–Kier alpha value is -0.190. The van der Waals surface area contributed by atoms with Crippen molar-refractivity contribution in [1.29, 1.82) is 0 Å². The van der Waals surface area contributed by atoms with Crippen molar-refractivity contribution in [2.24, 2.45) is 0 Å². The number of benzene rings is 1. The van der Waals surface area contributed by atoms with Crippen LogP contribution in [0, 0.1) is 0 Å². The molecule has 0 unspecified atom stereocenters. The van der Waals surface area contributed by atoms with Crippen LogP contribution < -0.4 is 5.73 Å². The summed E-state index contributed by atoms with van der Waals surface area (Å²) in [6, 6.07) is 5.83. The molecule has 0 aliphatic heterocycles. The Bertz CT molecular complexity index is 280. The molecule has 0 atom stereocenters. The van der Waals surface area contributed by atoms with Gasteiger partial charge in [0.15, 0.2) is 0 Å². The maximum Gasteiger partial charge on any atom is 0.0556 e. The number of anilines is 1. The molecule has 13 heavy (non-hydrogen) atoms. The van der Waals surface area contributed by atoms with Crippen LogP contribution in [0.4, 0.5) is 5.69 Å². The van der Waals surface area contributed by atoms with E-state index in [9.17, 15) is 0 Å². The van der Waals surface area contributed by atoms with Gasteiger partial charge in [-0.25, -0.2) is 0 Å². The highest BCUT2D eigenvalue weighted by atomic mass is 79.9. The van der Waals surface area contributed by atoms with Gasteiger partial charge in [0.05, 0.1) is 6.61 Å². The van der Waals surface area contributed by atoms with E-state index in [0.717, 1.165) is 22.5 Å². The molecule has 4 heteroatoms. The first-order valence-corrected chi connectivity index (χ1v) is 5.68. The number of thioether (sulfide) groups is 1. The zero-order valence-corrected chi connectivity index (χ0v) is 9.82. The smallest absolute Gasteiger partial charge is 0.0556 e. The van der Waals surface area contributed by atoms with Crippen LogP contribution in [0.5, 0.6) is 0 Å². The Labute approximate surface area is 91.0 Å². The molecule has 1 aromatic rings. The lowest BCUT2D eigenvalue weighted by Crippen LogP contribution is -1.92. The lowest BCUT2D eigenvalue weighted by molar-refractivity contribution is 0.218. The van der Waals surface area contributed by atoms with Gasteiger partial charge in [-0.05, 0) is 34.1 Å². The predicted molar refractivity (Wildman–Crippen MR) is 61.2 cm³/mol. The van der Waals surface area contributed by atoms with Crippen LogP contribution in [0.3, 0.4) is 0 Å². The fraction of sp³-hybridized carbons (Fsp3) is 0.333. The van der Waals surface area contributed by atoms with Crippen molar-refractivity contribution in [1.82, 2.24) is 0 Å². The lowest BCUT2D eigenvalue weighted by atomic mass is 10.3. The van der Waals surface area contributed by atoms with E-state index in [1.807, 2.05) is 18.2 Å². The third kappa shape index (κ3) is 3.58. The third-order valence-electron chi connectivity index (χ3n) is 1.50. The summed E-state index contributed by atoms with van der Waals surface area (Å²) in [4.78, 5) is 1.20. The van der Waals surface area contributed by atoms with Gasteiger partial charge in [0, 0.05) is 27.9 Å². The van der Waals surface area contributed by atoms with Gasteiger partial charge in [-0.2, -0.15) is 0 Å². The Morgan fingerprint density at radius 2 is 2.31 bits per heavy atom. The predicted octanol–water partition coefficient (Wildman–Crippen LogP) is 2.77. The van der Waals surface area contributed by atoms with Crippen LogP contribution in [0.15, 0.2) is 27.6 Å². The Balaban J connectivity index is 2.56. The van der Waals surface area contributed by atoms with Gasteiger partial charge in [0.25, 0.3) is 0 Å². The quantitative estimate of drug-likeness (QED) is 0.515. The monoisotopic (exact) mass is 261 g/mol. The van der Waals surface area contributed by atoms with Crippen LogP contribution in [-0.4, -0.2) is 19.5 Å². The van der Waals surface area contributed by atoms with Crippen molar-refractivity contribution in [2.75, 3.05) is 25.2 Å². The van der Waals surface area contributed by atoms with E-state index >= 15 is 0 Å². The van der Waals surface area contributed by atoms with E-state index in [1.165, 1.54) is 4.90 Å². The number of rotatable bonds is 4. The Kier molecular flexibility index (Phi) is 4.62. The number of methoxy groups -OCH3 is 1. The van der Waals surface area contributed by atoms with E-state index < -0.39 is 0 Å². The number of nitrogens with two attached hydrogens (primary N) is 1. The first kappa shape index (κ1) is 10.9. The van der Waals surface area contributed by atoms with Gasteiger partial charge in [-0.15, -0.1) is 11.8 Å². The van der Waals surface area contributed by atoms with Crippen LogP contribution in [0.1, 0.15) is 0 Å². The van der Waals surface area contributed by atoms with Crippen molar-refractivity contribution in [3.8, 4) is 0 Å². The molecule has 0 radical (unpaired) electrons. The van der Waals surface area contributed by atoms with E-state index in [-0.39, 0.29) is 0 Å². The normalized spacial score (nSPS) is 10.3. The summed E-state index contributed by atoms with van der Waals surface area (Å²) in [7, 11) is 1.71. The molecule has 0 saturated heterocycles. The molecule has 0 saturated carbocycles. The fourth-order valence-corrected chi connectivity index (χ4v) is 2.44. The molecule has 1 aromatic carbocycles. The topological polar surface area (TPSA) is 35.2 Å². The van der Waals surface area contributed by atoms with E-state index in [1.54, 1.807) is 18.9 Å². The highest BCUT2D eigenvalue weighted by Gasteiger charge is 1.99. The number of halogens is 1. The molecule has 0 aliphatic carbocycles. The maximum absolute atomic E-state index is 5.62. The lowest BCUT2D eigenvalue weighted by Gasteiger charge is -2.04. The molecule has 0 bridgehead atoms. The minimum atomic E-state index is 0.765. The SMILES string of the molecule is COCCSc1ccc(N)cc1Br. The van der Waals surface area contributed by atoms with Gasteiger partial charge in [0.2, 0.25) is 0 Å². The van der Waals surface area contributed by atoms with Crippen LogP contribution in [-0.2, 0) is 4.74 Å². The second-order valence-corrected chi connectivity index (χ2v) is 4.52. The molecular formula is C9H12BrNOS. The molecule has 72 valence electrons. The van der Waals surface area contributed by atoms with Crippen molar-refractivity contribution >= 4 is 33.4 Å². The summed E-state index contributed by atoms with van der Waals surface area (Å²) in [5.74, 6) is 0.957. The van der Waals surface area contributed by atoms with Crippen LogP contribution in [0.2, 0.25) is 0 Å². The minimum absolute atomic E-state index is 0.765. The third-order valence-corrected chi connectivity index (χ3v) is 3.46. The van der Waals surface area contributed by atoms with Crippen LogP contribution >= 0.6 is 27.7 Å². The number of nitrogen functional groups attached to an aromatic ring is 1.